The van der Waals surface area contributed by atoms with Gasteiger partial charge in [-0.15, -0.1) is 11.3 Å². The molecule has 0 amide bonds. The lowest BCUT2D eigenvalue weighted by Crippen LogP contribution is -2.16. The minimum atomic E-state index is -0.457. The maximum Gasteiger partial charge on any atom is 0.0772 e. The third kappa shape index (κ3) is 3.81. The standard InChI is InChI=1S/C14H15Br2NOS/c1-9(18)12-4-3-11(6-13(12)15)17(2)7-10-5-14(16)19-8-10/h3-6,8-9,18H,7H2,1-2H3/t9-/m1/s1. The number of anilines is 1. The predicted molar refractivity (Wildman–Crippen MR) is 88.9 cm³/mol. The van der Waals surface area contributed by atoms with Crippen molar-refractivity contribution in [2.45, 2.75) is 19.6 Å². The molecule has 102 valence electrons. The first-order valence-electron chi connectivity index (χ1n) is 5.89. The molecule has 1 aromatic carbocycles. The molecule has 0 spiro atoms. The van der Waals surface area contributed by atoms with Crippen LogP contribution in [0.2, 0.25) is 0 Å². The Morgan fingerprint density at radius 2 is 2.05 bits per heavy atom. The van der Waals surface area contributed by atoms with Crippen molar-refractivity contribution >= 4 is 48.9 Å². The lowest BCUT2D eigenvalue weighted by atomic mass is 10.1. The van der Waals surface area contributed by atoms with Gasteiger partial charge in [-0.05, 0) is 57.6 Å². The molecule has 19 heavy (non-hydrogen) atoms. The Hall–Kier alpha value is -0.360. The van der Waals surface area contributed by atoms with Gasteiger partial charge in [0.25, 0.3) is 0 Å². The zero-order valence-electron chi connectivity index (χ0n) is 10.7. The van der Waals surface area contributed by atoms with Crippen LogP contribution in [0.3, 0.4) is 0 Å². The van der Waals surface area contributed by atoms with Crippen LogP contribution in [0, 0.1) is 0 Å². The van der Waals surface area contributed by atoms with E-state index in [2.05, 4.69) is 55.3 Å². The van der Waals surface area contributed by atoms with Gasteiger partial charge in [-0.3, -0.25) is 0 Å². The van der Waals surface area contributed by atoms with Gasteiger partial charge in [-0.25, -0.2) is 0 Å². The summed E-state index contributed by atoms with van der Waals surface area (Å²) in [7, 11) is 2.06. The summed E-state index contributed by atoms with van der Waals surface area (Å²) >= 11 is 8.69. The molecule has 2 aromatic rings. The first-order chi connectivity index (χ1) is 8.97. The van der Waals surface area contributed by atoms with Gasteiger partial charge >= 0.3 is 0 Å². The molecule has 0 saturated heterocycles. The van der Waals surface area contributed by atoms with Crippen LogP contribution >= 0.6 is 43.2 Å². The number of nitrogens with zero attached hydrogens (tertiary/aromatic N) is 1. The number of benzene rings is 1. The largest absolute Gasteiger partial charge is 0.389 e. The molecule has 1 aromatic heterocycles. The van der Waals surface area contributed by atoms with Crippen LogP contribution in [0.1, 0.15) is 24.2 Å². The Morgan fingerprint density at radius 3 is 2.58 bits per heavy atom. The lowest BCUT2D eigenvalue weighted by Gasteiger charge is -2.20. The Labute approximate surface area is 134 Å². The number of hydrogen-bond acceptors (Lipinski definition) is 3. The van der Waals surface area contributed by atoms with E-state index >= 15 is 0 Å². The van der Waals surface area contributed by atoms with Crippen LogP contribution < -0.4 is 4.90 Å². The monoisotopic (exact) mass is 403 g/mol. The van der Waals surface area contributed by atoms with E-state index in [1.165, 1.54) is 5.56 Å². The van der Waals surface area contributed by atoms with E-state index in [4.69, 9.17) is 0 Å². The fourth-order valence-corrected chi connectivity index (χ4v) is 3.78. The van der Waals surface area contributed by atoms with E-state index in [-0.39, 0.29) is 0 Å². The third-order valence-corrected chi connectivity index (χ3v) is 5.16. The van der Waals surface area contributed by atoms with Crippen molar-refractivity contribution in [1.82, 2.24) is 0 Å². The summed E-state index contributed by atoms with van der Waals surface area (Å²) in [5.41, 5.74) is 3.32. The second-order valence-corrected chi connectivity index (χ2v) is 7.64. The van der Waals surface area contributed by atoms with Crippen molar-refractivity contribution in [3.63, 3.8) is 0 Å². The number of aliphatic hydroxyl groups excluding tert-OH is 1. The molecule has 1 heterocycles. The number of thiophene rings is 1. The smallest absolute Gasteiger partial charge is 0.0772 e. The van der Waals surface area contributed by atoms with Crippen LogP contribution in [0.25, 0.3) is 0 Å². The summed E-state index contributed by atoms with van der Waals surface area (Å²) in [5, 5.41) is 11.8. The highest BCUT2D eigenvalue weighted by atomic mass is 79.9. The van der Waals surface area contributed by atoms with Crippen molar-refractivity contribution in [2.24, 2.45) is 0 Å². The Balaban J connectivity index is 2.15. The quantitative estimate of drug-likeness (QED) is 0.777. The first-order valence-corrected chi connectivity index (χ1v) is 8.35. The van der Waals surface area contributed by atoms with Gasteiger partial charge in [0, 0.05) is 23.8 Å². The van der Waals surface area contributed by atoms with Gasteiger partial charge in [0.2, 0.25) is 0 Å². The molecule has 1 atom stereocenters. The van der Waals surface area contributed by atoms with E-state index < -0.39 is 6.10 Å². The fraction of sp³-hybridized carbons (Fsp3) is 0.286. The number of rotatable bonds is 4. The minimum absolute atomic E-state index is 0.457. The molecular weight excluding hydrogens is 390 g/mol. The van der Waals surface area contributed by atoms with Gasteiger partial charge in [0.05, 0.1) is 9.89 Å². The fourth-order valence-electron chi connectivity index (χ4n) is 1.89. The van der Waals surface area contributed by atoms with Gasteiger partial charge in [0.1, 0.15) is 0 Å². The van der Waals surface area contributed by atoms with E-state index in [1.54, 1.807) is 18.3 Å². The van der Waals surface area contributed by atoms with E-state index in [0.717, 1.165) is 26.1 Å². The van der Waals surface area contributed by atoms with Crippen molar-refractivity contribution in [3.8, 4) is 0 Å². The summed E-state index contributed by atoms with van der Waals surface area (Å²) in [6.45, 7) is 2.63. The zero-order chi connectivity index (χ0) is 14.0. The predicted octanol–water partition coefficient (Wildman–Crippen LogP) is 4.96. The van der Waals surface area contributed by atoms with E-state index in [9.17, 15) is 5.11 Å². The van der Waals surface area contributed by atoms with Crippen LogP contribution in [0.5, 0.6) is 0 Å². The average Bonchev–Trinajstić information content (AvgIpc) is 2.74. The molecule has 2 nitrogen and oxygen atoms in total. The van der Waals surface area contributed by atoms with Crippen molar-refractivity contribution < 1.29 is 5.11 Å². The molecule has 0 aliphatic rings. The second-order valence-electron chi connectivity index (χ2n) is 4.50. The van der Waals surface area contributed by atoms with Crippen molar-refractivity contribution in [1.29, 1.82) is 0 Å². The highest BCUT2D eigenvalue weighted by Crippen LogP contribution is 2.29. The number of halogens is 2. The zero-order valence-corrected chi connectivity index (χ0v) is 14.7. The van der Waals surface area contributed by atoms with Crippen LogP contribution in [-0.4, -0.2) is 12.2 Å². The highest BCUT2D eigenvalue weighted by Gasteiger charge is 2.09. The minimum Gasteiger partial charge on any atom is -0.389 e. The molecule has 2 rings (SSSR count). The molecule has 0 bridgehead atoms. The Morgan fingerprint density at radius 1 is 1.32 bits per heavy atom. The van der Waals surface area contributed by atoms with Gasteiger partial charge in [0.15, 0.2) is 0 Å². The number of hydrogen-bond donors (Lipinski definition) is 1. The van der Waals surface area contributed by atoms with E-state index in [0.29, 0.717) is 0 Å². The molecular formula is C14H15Br2NOS. The lowest BCUT2D eigenvalue weighted by molar-refractivity contribution is 0.198. The maximum absolute atomic E-state index is 9.62. The summed E-state index contributed by atoms with van der Waals surface area (Å²) < 4.78 is 2.10. The maximum atomic E-state index is 9.62. The summed E-state index contributed by atoms with van der Waals surface area (Å²) in [5.74, 6) is 0. The van der Waals surface area contributed by atoms with E-state index in [1.807, 2.05) is 18.2 Å². The van der Waals surface area contributed by atoms with Gasteiger partial charge < -0.3 is 10.0 Å². The van der Waals surface area contributed by atoms with Crippen LogP contribution in [0.4, 0.5) is 5.69 Å². The summed E-state index contributed by atoms with van der Waals surface area (Å²) in [6.07, 6.45) is -0.457. The molecule has 0 unspecified atom stereocenters. The van der Waals surface area contributed by atoms with Crippen molar-refractivity contribution in [2.75, 3.05) is 11.9 Å². The molecule has 1 N–H and O–H groups in total. The molecule has 5 heteroatoms. The first kappa shape index (κ1) is 15.0. The normalized spacial score (nSPS) is 12.5. The highest BCUT2D eigenvalue weighted by molar-refractivity contribution is 9.11. The SMILES string of the molecule is C[C@@H](O)c1ccc(N(C)Cc2csc(Br)c2)cc1Br. The molecule has 0 aliphatic carbocycles. The number of aliphatic hydroxyl groups is 1. The van der Waals surface area contributed by atoms with Gasteiger partial charge in [-0.1, -0.05) is 22.0 Å². The molecule has 0 saturated carbocycles. The second kappa shape index (κ2) is 6.39. The topological polar surface area (TPSA) is 23.5 Å². The molecule has 0 aliphatic heterocycles. The van der Waals surface area contributed by atoms with Crippen LogP contribution in [0.15, 0.2) is 37.9 Å². The van der Waals surface area contributed by atoms with Gasteiger partial charge in [-0.2, -0.15) is 0 Å². The summed E-state index contributed by atoms with van der Waals surface area (Å²) in [6, 6.07) is 8.18. The molecule has 0 radical (unpaired) electrons. The Bertz CT molecular complexity index is 568. The van der Waals surface area contributed by atoms with Crippen LogP contribution in [-0.2, 0) is 6.54 Å². The third-order valence-electron chi connectivity index (χ3n) is 2.92. The average molecular weight is 405 g/mol. The molecule has 0 fully saturated rings. The Kier molecular flexibility index (Phi) is 5.06. The summed E-state index contributed by atoms with van der Waals surface area (Å²) in [4.78, 5) is 2.19. The van der Waals surface area contributed by atoms with Crippen molar-refractivity contribution in [3.05, 3.63) is 49.0 Å².